The van der Waals surface area contributed by atoms with Gasteiger partial charge >= 0.3 is 0 Å². The minimum atomic E-state index is -0.278. The Hall–Kier alpha value is -4.06. The molecule has 0 radical (unpaired) electrons. The zero-order valence-electron chi connectivity index (χ0n) is 17.3. The summed E-state index contributed by atoms with van der Waals surface area (Å²) in [6.07, 6.45) is 0. The lowest BCUT2D eigenvalue weighted by Crippen LogP contribution is -2.09. The number of fused-ring (bicyclic) bond motifs is 1. The van der Waals surface area contributed by atoms with Gasteiger partial charge in [-0.05, 0) is 36.8 Å². The minimum absolute atomic E-state index is 0.0652. The van der Waals surface area contributed by atoms with Gasteiger partial charge in [0.25, 0.3) is 0 Å². The maximum atomic E-state index is 13.7. The highest BCUT2D eigenvalue weighted by molar-refractivity contribution is 5.96. The predicted molar refractivity (Wildman–Crippen MR) is 118 cm³/mol. The molecule has 6 nitrogen and oxygen atoms in total. The van der Waals surface area contributed by atoms with E-state index in [1.807, 2.05) is 0 Å². The van der Waals surface area contributed by atoms with Crippen LogP contribution in [0.4, 0.5) is 0 Å². The van der Waals surface area contributed by atoms with Crippen molar-refractivity contribution >= 4 is 16.8 Å². The Morgan fingerprint density at radius 2 is 1.55 bits per heavy atom. The van der Waals surface area contributed by atoms with Crippen molar-refractivity contribution in [1.82, 2.24) is 0 Å². The second-order valence-corrected chi connectivity index (χ2v) is 7.02. The Labute approximate surface area is 178 Å². The summed E-state index contributed by atoms with van der Waals surface area (Å²) in [6.45, 7) is 1.49. The Balaban J connectivity index is 2.09. The van der Waals surface area contributed by atoms with E-state index in [0.29, 0.717) is 45.1 Å². The number of rotatable bonds is 5. The maximum absolute atomic E-state index is 13.7. The lowest BCUT2D eigenvalue weighted by atomic mass is 9.96. The van der Waals surface area contributed by atoms with Crippen LogP contribution in [0, 0.1) is 0 Å². The Bertz CT molecular complexity index is 1330. The number of Topliss-reactive ketones (excluding diaryl/α,β-unsaturated/α-hetero) is 1. The molecule has 0 atom stereocenters. The second-order valence-electron chi connectivity index (χ2n) is 7.02. The van der Waals surface area contributed by atoms with Crippen LogP contribution >= 0.6 is 0 Å². The quantitative estimate of drug-likeness (QED) is 0.458. The van der Waals surface area contributed by atoms with Crippen molar-refractivity contribution in [2.75, 3.05) is 14.2 Å². The van der Waals surface area contributed by atoms with E-state index in [9.17, 15) is 14.7 Å². The van der Waals surface area contributed by atoms with Crippen molar-refractivity contribution in [2.24, 2.45) is 0 Å². The van der Waals surface area contributed by atoms with E-state index in [1.165, 1.54) is 33.3 Å². The lowest BCUT2D eigenvalue weighted by molar-refractivity contribution is 0.101. The summed E-state index contributed by atoms with van der Waals surface area (Å²) in [5.74, 6) is 1.19. The fourth-order valence-corrected chi connectivity index (χ4v) is 3.49. The van der Waals surface area contributed by atoms with E-state index in [2.05, 4.69) is 0 Å². The Morgan fingerprint density at radius 1 is 0.903 bits per heavy atom. The second kappa shape index (κ2) is 7.99. The van der Waals surface area contributed by atoms with Gasteiger partial charge in [0.05, 0.1) is 19.8 Å². The summed E-state index contributed by atoms with van der Waals surface area (Å²) in [7, 11) is 2.99. The predicted octanol–water partition coefficient (Wildman–Crippen LogP) is 5.05. The summed E-state index contributed by atoms with van der Waals surface area (Å²) >= 11 is 0. The molecule has 1 N–H and O–H groups in total. The van der Waals surface area contributed by atoms with Crippen molar-refractivity contribution in [3.05, 3.63) is 76.5 Å². The van der Waals surface area contributed by atoms with Gasteiger partial charge in [-0.3, -0.25) is 9.59 Å². The number of phenols is 1. The van der Waals surface area contributed by atoms with Crippen LogP contribution in [0.15, 0.2) is 69.9 Å². The first-order chi connectivity index (χ1) is 14.9. The summed E-state index contributed by atoms with van der Waals surface area (Å²) in [4.78, 5) is 25.4. The first kappa shape index (κ1) is 20.2. The lowest BCUT2D eigenvalue weighted by Gasteiger charge is -2.14. The number of hydrogen-bond acceptors (Lipinski definition) is 6. The molecule has 4 rings (SSSR count). The van der Waals surface area contributed by atoms with Crippen molar-refractivity contribution < 1.29 is 23.8 Å². The van der Waals surface area contributed by atoms with Crippen LogP contribution in [0.1, 0.15) is 17.3 Å². The van der Waals surface area contributed by atoms with E-state index in [-0.39, 0.29) is 22.3 Å². The fraction of sp³-hybridized carbons (Fsp3) is 0.120. The van der Waals surface area contributed by atoms with E-state index >= 15 is 0 Å². The average Bonchev–Trinajstić information content (AvgIpc) is 2.78. The number of phenolic OH excluding ortho intramolecular Hbond substituents is 1. The monoisotopic (exact) mass is 416 g/mol. The molecule has 6 heteroatoms. The molecule has 0 unspecified atom stereocenters. The van der Waals surface area contributed by atoms with Crippen molar-refractivity contribution in [1.29, 1.82) is 0 Å². The van der Waals surface area contributed by atoms with Crippen molar-refractivity contribution in [2.45, 2.75) is 6.92 Å². The highest BCUT2D eigenvalue weighted by atomic mass is 16.5. The smallest absolute Gasteiger partial charge is 0.204 e. The van der Waals surface area contributed by atoms with Crippen LogP contribution in [-0.4, -0.2) is 25.1 Å². The Morgan fingerprint density at radius 3 is 2.13 bits per heavy atom. The standard InChI is InChI=1S/C25H20O6/c1-14(26)15-4-6-16(7-5-15)22-24(28)23-20(30-3)12-19(29-2)13-21(23)31-25(22)17-8-10-18(27)11-9-17/h4-13,27H,1-3H3. The van der Waals surface area contributed by atoms with Gasteiger partial charge in [0, 0.05) is 23.3 Å². The molecule has 0 aliphatic rings. The summed E-state index contributed by atoms with van der Waals surface area (Å²) in [5, 5.41) is 9.97. The highest BCUT2D eigenvalue weighted by Gasteiger charge is 2.21. The number of methoxy groups -OCH3 is 2. The molecule has 1 heterocycles. The third-order valence-electron chi connectivity index (χ3n) is 5.10. The molecule has 0 saturated heterocycles. The molecule has 4 aromatic rings. The molecule has 1 aromatic heterocycles. The molecular weight excluding hydrogens is 396 g/mol. The SMILES string of the molecule is COc1cc(OC)c2c(=O)c(-c3ccc(C(C)=O)cc3)c(-c3ccc(O)cc3)oc2c1. The number of aromatic hydroxyl groups is 1. The van der Waals surface area contributed by atoms with Gasteiger partial charge in [0.15, 0.2) is 5.78 Å². The Kier molecular flexibility index (Phi) is 5.21. The number of benzene rings is 3. The molecule has 31 heavy (non-hydrogen) atoms. The molecule has 0 aliphatic carbocycles. The molecular formula is C25H20O6. The zero-order valence-corrected chi connectivity index (χ0v) is 17.3. The molecule has 0 amide bonds. The topological polar surface area (TPSA) is 86.0 Å². The molecule has 3 aromatic carbocycles. The van der Waals surface area contributed by atoms with E-state index in [1.54, 1.807) is 48.5 Å². The normalized spacial score (nSPS) is 10.8. The largest absolute Gasteiger partial charge is 0.508 e. The van der Waals surface area contributed by atoms with Crippen LogP contribution in [0.3, 0.4) is 0 Å². The van der Waals surface area contributed by atoms with Crippen LogP contribution in [0.2, 0.25) is 0 Å². The summed E-state index contributed by atoms with van der Waals surface area (Å²) < 4.78 is 17.0. The average molecular weight is 416 g/mol. The van der Waals surface area contributed by atoms with Gasteiger partial charge in [0.2, 0.25) is 5.43 Å². The fourth-order valence-electron chi connectivity index (χ4n) is 3.49. The number of hydrogen-bond donors (Lipinski definition) is 1. The third kappa shape index (κ3) is 3.64. The van der Waals surface area contributed by atoms with Gasteiger partial charge in [-0.25, -0.2) is 0 Å². The number of ether oxygens (including phenoxy) is 2. The van der Waals surface area contributed by atoms with Crippen LogP contribution in [-0.2, 0) is 0 Å². The summed E-state index contributed by atoms with van der Waals surface area (Å²) in [5.41, 5.74) is 2.12. The number of carbonyl (C=O) groups is 1. The molecule has 0 spiro atoms. The highest BCUT2D eigenvalue weighted by Crippen LogP contribution is 2.37. The van der Waals surface area contributed by atoms with Crippen LogP contribution in [0.25, 0.3) is 33.4 Å². The third-order valence-corrected chi connectivity index (χ3v) is 5.10. The van der Waals surface area contributed by atoms with Gasteiger partial charge < -0.3 is 19.0 Å². The molecule has 0 fully saturated rings. The molecule has 156 valence electrons. The zero-order chi connectivity index (χ0) is 22.1. The van der Waals surface area contributed by atoms with Gasteiger partial charge in [-0.2, -0.15) is 0 Å². The van der Waals surface area contributed by atoms with Gasteiger partial charge in [-0.15, -0.1) is 0 Å². The number of carbonyl (C=O) groups excluding carboxylic acids is 1. The minimum Gasteiger partial charge on any atom is -0.508 e. The van der Waals surface area contributed by atoms with E-state index < -0.39 is 0 Å². The van der Waals surface area contributed by atoms with Gasteiger partial charge in [0.1, 0.15) is 34.0 Å². The number of ketones is 1. The molecule has 0 saturated carbocycles. The van der Waals surface area contributed by atoms with Crippen LogP contribution in [0.5, 0.6) is 17.2 Å². The van der Waals surface area contributed by atoms with Crippen molar-refractivity contribution in [3.8, 4) is 39.7 Å². The van der Waals surface area contributed by atoms with Crippen molar-refractivity contribution in [3.63, 3.8) is 0 Å². The van der Waals surface area contributed by atoms with Gasteiger partial charge in [-0.1, -0.05) is 24.3 Å². The maximum Gasteiger partial charge on any atom is 0.204 e. The molecule has 0 bridgehead atoms. The first-order valence-electron chi connectivity index (χ1n) is 9.56. The first-order valence-corrected chi connectivity index (χ1v) is 9.56. The van der Waals surface area contributed by atoms with E-state index in [4.69, 9.17) is 13.9 Å². The van der Waals surface area contributed by atoms with Crippen LogP contribution < -0.4 is 14.9 Å². The summed E-state index contributed by atoms with van der Waals surface area (Å²) in [6, 6.07) is 16.4. The van der Waals surface area contributed by atoms with E-state index in [0.717, 1.165) is 0 Å². The molecule has 0 aliphatic heterocycles.